The molecule has 0 saturated carbocycles. The first-order valence-corrected chi connectivity index (χ1v) is 12.7. The number of hydrogen-bond acceptors (Lipinski definition) is 8. The number of amides is 1. The highest BCUT2D eigenvalue weighted by Crippen LogP contribution is 2.30. The van der Waals surface area contributed by atoms with Gasteiger partial charge in [-0.2, -0.15) is 8.78 Å². The number of halogens is 3. The molecule has 4 aromatic rings. The second-order valence-corrected chi connectivity index (χ2v) is 10.3. The summed E-state index contributed by atoms with van der Waals surface area (Å²) in [6, 6.07) is 12.0. The summed E-state index contributed by atoms with van der Waals surface area (Å²) in [7, 11) is 0. The molecule has 3 heterocycles. The van der Waals surface area contributed by atoms with Gasteiger partial charge in [-0.1, -0.05) is 23.4 Å². The van der Waals surface area contributed by atoms with Crippen molar-refractivity contribution in [1.82, 2.24) is 30.1 Å². The number of carbonyl (C=O) groups excluding carboxylic acids is 1. The van der Waals surface area contributed by atoms with Gasteiger partial charge in [0.2, 0.25) is 5.89 Å². The maximum atomic E-state index is 15.6. The number of carbonyl (C=O) groups is 1. The Hall–Kier alpha value is -4.42. The summed E-state index contributed by atoms with van der Waals surface area (Å²) in [5, 5.41) is 15.3. The number of ether oxygens (including phenoxy) is 1. The molecular formula is C27H28F3N7O3. The van der Waals surface area contributed by atoms with Crippen LogP contribution in [0.15, 0.2) is 53.1 Å². The molecule has 1 saturated heterocycles. The monoisotopic (exact) mass is 555 g/mol. The van der Waals surface area contributed by atoms with Crippen molar-refractivity contribution in [2.75, 3.05) is 31.1 Å². The molecule has 0 N–H and O–H groups in total. The van der Waals surface area contributed by atoms with E-state index in [4.69, 9.17) is 9.15 Å². The zero-order chi connectivity index (χ0) is 28.4. The van der Waals surface area contributed by atoms with Crippen LogP contribution in [0.5, 0.6) is 0 Å². The van der Waals surface area contributed by atoms with Gasteiger partial charge >= 0.3 is 12.5 Å². The molecule has 5 rings (SSSR count). The third-order valence-corrected chi connectivity index (χ3v) is 6.24. The van der Waals surface area contributed by atoms with Crippen molar-refractivity contribution >= 4 is 11.8 Å². The average Bonchev–Trinajstić information content (AvgIpc) is 3.59. The molecule has 0 radical (unpaired) electrons. The van der Waals surface area contributed by atoms with Crippen LogP contribution >= 0.6 is 0 Å². The number of anilines is 1. The lowest BCUT2D eigenvalue weighted by molar-refractivity contribution is 0.0240. The minimum atomic E-state index is -2.83. The molecule has 0 unspecified atom stereocenters. The van der Waals surface area contributed by atoms with Crippen LogP contribution in [0.1, 0.15) is 38.7 Å². The molecule has 1 aliphatic heterocycles. The van der Waals surface area contributed by atoms with Crippen LogP contribution < -0.4 is 4.90 Å². The smallest absolute Gasteiger partial charge is 0.410 e. The van der Waals surface area contributed by atoms with Crippen LogP contribution in [0.3, 0.4) is 0 Å². The number of alkyl halides is 2. The molecule has 0 atom stereocenters. The highest BCUT2D eigenvalue weighted by atomic mass is 19.3. The summed E-state index contributed by atoms with van der Waals surface area (Å²) in [6.45, 7) is 7.60. The van der Waals surface area contributed by atoms with Crippen molar-refractivity contribution in [2.45, 2.75) is 39.3 Å². The fourth-order valence-corrected chi connectivity index (χ4v) is 4.30. The minimum Gasteiger partial charge on any atom is -0.444 e. The molecule has 1 aliphatic rings. The second kappa shape index (κ2) is 11.0. The summed E-state index contributed by atoms with van der Waals surface area (Å²) < 4.78 is 53.0. The normalized spacial score (nSPS) is 14.2. The Morgan fingerprint density at radius 1 is 1.02 bits per heavy atom. The molecule has 13 heteroatoms. The Bertz CT molecular complexity index is 1470. The average molecular weight is 556 g/mol. The summed E-state index contributed by atoms with van der Waals surface area (Å²) in [5.74, 6) is -1.13. The van der Waals surface area contributed by atoms with Crippen LogP contribution in [0.4, 0.5) is 23.7 Å². The topological polar surface area (TPSA) is 102 Å². The van der Waals surface area contributed by atoms with Crippen LogP contribution in [0, 0.1) is 5.82 Å². The van der Waals surface area contributed by atoms with Crippen molar-refractivity contribution in [3.8, 4) is 22.7 Å². The first kappa shape index (κ1) is 27.2. The van der Waals surface area contributed by atoms with Crippen molar-refractivity contribution < 1.29 is 27.1 Å². The first-order chi connectivity index (χ1) is 19.1. The van der Waals surface area contributed by atoms with Crippen LogP contribution in [0.2, 0.25) is 0 Å². The lowest BCUT2D eigenvalue weighted by atomic mass is 10.1. The van der Waals surface area contributed by atoms with Gasteiger partial charge < -0.3 is 19.0 Å². The van der Waals surface area contributed by atoms with Gasteiger partial charge in [0.15, 0.2) is 5.82 Å². The fraction of sp³-hybridized carbons (Fsp3) is 0.370. The SMILES string of the molecule is CC(C)(C)OC(=O)N1CCN(c2cccc(-c3cn(Cc4ccc(-c5nnc(C(F)F)o5)cc4)nn3)c2F)CC1. The van der Waals surface area contributed by atoms with Gasteiger partial charge in [-0.3, -0.25) is 0 Å². The maximum absolute atomic E-state index is 15.6. The molecule has 0 bridgehead atoms. The third kappa shape index (κ3) is 6.08. The van der Waals surface area contributed by atoms with Crippen LogP contribution in [-0.4, -0.2) is 68.0 Å². The van der Waals surface area contributed by atoms with Gasteiger partial charge in [0.05, 0.1) is 18.4 Å². The van der Waals surface area contributed by atoms with Gasteiger partial charge in [0.1, 0.15) is 11.3 Å². The van der Waals surface area contributed by atoms with Crippen LogP contribution in [0.25, 0.3) is 22.7 Å². The number of rotatable bonds is 6. The highest BCUT2D eigenvalue weighted by Gasteiger charge is 2.27. The zero-order valence-corrected chi connectivity index (χ0v) is 22.2. The Morgan fingerprint density at radius 3 is 2.40 bits per heavy atom. The van der Waals surface area contributed by atoms with Gasteiger partial charge in [0.25, 0.3) is 5.89 Å². The van der Waals surface area contributed by atoms with Crippen molar-refractivity contribution in [3.05, 3.63) is 65.9 Å². The van der Waals surface area contributed by atoms with E-state index in [-0.39, 0.29) is 12.0 Å². The zero-order valence-electron chi connectivity index (χ0n) is 22.2. The lowest BCUT2D eigenvalue weighted by Gasteiger charge is -2.37. The van der Waals surface area contributed by atoms with Gasteiger partial charge in [0, 0.05) is 37.3 Å². The van der Waals surface area contributed by atoms with Crippen molar-refractivity contribution in [1.29, 1.82) is 0 Å². The summed E-state index contributed by atoms with van der Waals surface area (Å²) in [5.41, 5.74) is 1.92. The molecular weight excluding hydrogens is 527 g/mol. The summed E-state index contributed by atoms with van der Waals surface area (Å²) in [6.07, 6.45) is -1.55. The molecule has 2 aromatic heterocycles. The predicted octanol–water partition coefficient (Wildman–Crippen LogP) is 5.18. The van der Waals surface area contributed by atoms with E-state index >= 15 is 4.39 Å². The molecule has 10 nitrogen and oxygen atoms in total. The Balaban J connectivity index is 1.24. The molecule has 2 aromatic carbocycles. The molecule has 1 amide bonds. The van der Waals surface area contributed by atoms with E-state index in [2.05, 4.69) is 20.5 Å². The molecule has 210 valence electrons. The standard InChI is InChI=1S/C27H28F3N7O3/c1-27(2,3)40-26(38)36-13-11-35(12-14-36)21-6-4-5-19(22(21)28)20-16-37(34-31-20)15-17-7-9-18(10-8-17)24-32-33-25(39-24)23(29)30/h4-10,16,23H,11-15H2,1-3H3. The van der Waals surface area contributed by atoms with E-state index in [1.807, 2.05) is 25.7 Å². The third-order valence-electron chi connectivity index (χ3n) is 6.24. The maximum Gasteiger partial charge on any atom is 0.410 e. The minimum absolute atomic E-state index is 0.00602. The quantitative estimate of drug-likeness (QED) is 0.321. The highest BCUT2D eigenvalue weighted by molar-refractivity contribution is 5.70. The van der Waals surface area contributed by atoms with E-state index in [1.54, 1.807) is 58.2 Å². The predicted molar refractivity (Wildman–Crippen MR) is 139 cm³/mol. The lowest BCUT2D eigenvalue weighted by Crippen LogP contribution is -2.50. The first-order valence-electron chi connectivity index (χ1n) is 12.7. The van der Waals surface area contributed by atoms with Crippen molar-refractivity contribution in [3.63, 3.8) is 0 Å². The Morgan fingerprint density at radius 2 is 1.75 bits per heavy atom. The Kier molecular flexibility index (Phi) is 7.46. The van der Waals surface area contributed by atoms with E-state index in [0.717, 1.165) is 5.56 Å². The molecule has 1 fully saturated rings. The summed E-state index contributed by atoms with van der Waals surface area (Å²) >= 11 is 0. The van der Waals surface area contributed by atoms with E-state index < -0.39 is 23.7 Å². The number of nitrogens with zero attached hydrogens (tertiary/aromatic N) is 7. The van der Waals surface area contributed by atoms with E-state index in [9.17, 15) is 13.6 Å². The van der Waals surface area contributed by atoms with Crippen LogP contribution in [-0.2, 0) is 11.3 Å². The van der Waals surface area contributed by atoms with E-state index in [1.165, 1.54) is 0 Å². The van der Waals surface area contributed by atoms with Gasteiger partial charge in [-0.25, -0.2) is 13.9 Å². The largest absolute Gasteiger partial charge is 0.444 e. The fourth-order valence-electron chi connectivity index (χ4n) is 4.30. The second-order valence-electron chi connectivity index (χ2n) is 10.3. The van der Waals surface area contributed by atoms with Gasteiger partial charge in [-0.05, 0) is 50.6 Å². The van der Waals surface area contributed by atoms with Crippen molar-refractivity contribution in [2.24, 2.45) is 0 Å². The number of benzene rings is 2. The number of piperazine rings is 1. The number of hydrogen-bond donors (Lipinski definition) is 0. The summed E-state index contributed by atoms with van der Waals surface area (Å²) in [4.78, 5) is 15.9. The molecule has 0 aliphatic carbocycles. The van der Waals surface area contributed by atoms with Gasteiger partial charge in [-0.15, -0.1) is 15.3 Å². The molecule has 40 heavy (non-hydrogen) atoms. The number of aromatic nitrogens is 5. The van der Waals surface area contributed by atoms with E-state index in [0.29, 0.717) is 55.2 Å². The Labute approximate surface area is 228 Å². The molecule has 0 spiro atoms.